The third-order valence-corrected chi connectivity index (χ3v) is 3.00. The maximum absolute atomic E-state index is 11.5. The van der Waals surface area contributed by atoms with Gasteiger partial charge in [0.2, 0.25) is 0 Å². The predicted molar refractivity (Wildman–Crippen MR) is 58.0 cm³/mol. The highest BCUT2D eigenvalue weighted by Gasteiger charge is 2.31. The summed E-state index contributed by atoms with van der Waals surface area (Å²) in [6.45, 7) is 7.48. The van der Waals surface area contributed by atoms with Gasteiger partial charge in [-0.25, -0.2) is 5.84 Å². The van der Waals surface area contributed by atoms with Crippen molar-refractivity contribution in [3.8, 4) is 0 Å². The summed E-state index contributed by atoms with van der Waals surface area (Å²) in [7, 11) is 0. The van der Waals surface area contributed by atoms with Crippen molar-refractivity contribution in [3.05, 3.63) is 0 Å². The van der Waals surface area contributed by atoms with E-state index in [1.807, 2.05) is 13.8 Å². The van der Waals surface area contributed by atoms with Crippen LogP contribution in [0.1, 0.15) is 27.2 Å². The van der Waals surface area contributed by atoms with Crippen LogP contribution in [0.4, 0.5) is 0 Å². The molecule has 1 saturated heterocycles. The largest absolute Gasteiger partial charge is 0.376 e. The second-order valence-electron chi connectivity index (χ2n) is 4.09. The smallest absolute Gasteiger partial charge is 0.250 e. The highest BCUT2D eigenvalue weighted by Crippen LogP contribution is 2.17. The van der Waals surface area contributed by atoms with Crippen LogP contribution in [0.25, 0.3) is 0 Å². The van der Waals surface area contributed by atoms with E-state index in [2.05, 4.69) is 17.2 Å². The molecule has 88 valence electrons. The first kappa shape index (κ1) is 12.4. The van der Waals surface area contributed by atoms with Crippen LogP contribution >= 0.6 is 0 Å². The minimum atomic E-state index is -0.189. The van der Waals surface area contributed by atoms with Gasteiger partial charge in [-0.15, -0.1) is 0 Å². The molecule has 0 aromatic heterocycles. The zero-order valence-corrected chi connectivity index (χ0v) is 9.69. The number of morpholine rings is 1. The Hall–Kier alpha value is -0.650. The van der Waals surface area contributed by atoms with Crippen molar-refractivity contribution in [1.82, 2.24) is 10.3 Å². The second kappa shape index (κ2) is 5.44. The first-order valence-electron chi connectivity index (χ1n) is 5.48. The molecule has 0 saturated carbocycles. The minimum Gasteiger partial charge on any atom is -0.376 e. The van der Waals surface area contributed by atoms with E-state index in [9.17, 15) is 4.79 Å². The molecule has 5 heteroatoms. The normalized spacial score (nSPS) is 29.9. The van der Waals surface area contributed by atoms with E-state index in [0.29, 0.717) is 12.6 Å². The Bertz CT molecular complexity index is 223. The van der Waals surface area contributed by atoms with Crippen molar-refractivity contribution in [3.63, 3.8) is 0 Å². The van der Waals surface area contributed by atoms with Crippen LogP contribution in [-0.4, -0.2) is 42.1 Å². The van der Waals surface area contributed by atoms with Gasteiger partial charge < -0.3 is 4.74 Å². The van der Waals surface area contributed by atoms with Gasteiger partial charge in [0, 0.05) is 12.6 Å². The van der Waals surface area contributed by atoms with Crippen molar-refractivity contribution in [2.45, 2.75) is 45.4 Å². The Morgan fingerprint density at radius 1 is 1.73 bits per heavy atom. The summed E-state index contributed by atoms with van der Waals surface area (Å²) < 4.78 is 5.57. The predicted octanol–water partition coefficient (Wildman–Crippen LogP) is -0.136. The van der Waals surface area contributed by atoms with Crippen LogP contribution in [0, 0.1) is 0 Å². The summed E-state index contributed by atoms with van der Waals surface area (Å²) in [6.07, 6.45) is 1.16. The van der Waals surface area contributed by atoms with Crippen molar-refractivity contribution in [1.29, 1.82) is 0 Å². The summed E-state index contributed by atoms with van der Waals surface area (Å²) in [5.41, 5.74) is 2.20. The molecule has 0 aromatic rings. The standard InChI is InChI=1S/C10H21N3O2/c1-4-9-6-15-7(2)5-13(9)8(3)10(14)12-11/h7-9H,4-6,11H2,1-3H3,(H,12,14). The van der Waals surface area contributed by atoms with Gasteiger partial charge in [0.1, 0.15) is 0 Å². The molecule has 0 radical (unpaired) electrons. The molecule has 0 spiro atoms. The molecule has 15 heavy (non-hydrogen) atoms. The van der Waals surface area contributed by atoms with Gasteiger partial charge in [0.25, 0.3) is 5.91 Å². The molecule has 1 amide bonds. The molecule has 1 aliphatic rings. The molecular weight excluding hydrogens is 194 g/mol. The number of nitrogens with two attached hydrogens (primary N) is 1. The lowest BCUT2D eigenvalue weighted by Gasteiger charge is -2.41. The van der Waals surface area contributed by atoms with Crippen molar-refractivity contribution >= 4 is 5.91 Å². The van der Waals surface area contributed by atoms with E-state index < -0.39 is 0 Å². The average Bonchev–Trinajstić information content (AvgIpc) is 2.27. The third kappa shape index (κ3) is 2.90. The molecule has 3 N–H and O–H groups in total. The van der Waals surface area contributed by atoms with Crippen LogP contribution in [-0.2, 0) is 9.53 Å². The number of hydrazine groups is 1. The molecule has 1 fully saturated rings. The molecule has 0 bridgehead atoms. The lowest BCUT2D eigenvalue weighted by molar-refractivity contribution is -0.132. The van der Waals surface area contributed by atoms with Crippen molar-refractivity contribution < 1.29 is 9.53 Å². The number of carbonyl (C=O) groups excluding carboxylic acids is 1. The number of nitrogens with zero attached hydrogens (tertiary/aromatic N) is 1. The molecule has 3 atom stereocenters. The summed E-state index contributed by atoms with van der Waals surface area (Å²) in [5, 5.41) is 0. The molecule has 3 unspecified atom stereocenters. The molecule has 1 aliphatic heterocycles. The Kier molecular flexibility index (Phi) is 4.50. The van der Waals surface area contributed by atoms with Crippen LogP contribution in [0.5, 0.6) is 0 Å². The Morgan fingerprint density at radius 2 is 2.40 bits per heavy atom. The van der Waals surface area contributed by atoms with E-state index >= 15 is 0 Å². The van der Waals surface area contributed by atoms with E-state index in [4.69, 9.17) is 10.6 Å². The van der Waals surface area contributed by atoms with E-state index in [-0.39, 0.29) is 18.1 Å². The molecular formula is C10H21N3O2. The van der Waals surface area contributed by atoms with Gasteiger partial charge in [0.15, 0.2) is 0 Å². The molecule has 0 aromatic carbocycles. The zero-order valence-electron chi connectivity index (χ0n) is 9.69. The first-order chi connectivity index (χ1) is 7.10. The number of hydrogen-bond acceptors (Lipinski definition) is 4. The summed E-state index contributed by atoms with van der Waals surface area (Å²) in [5.74, 6) is 5.01. The van der Waals surface area contributed by atoms with Gasteiger partial charge in [0.05, 0.1) is 18.8 Å². The van der Waals surface area contributed by atoms with Gasteiger partial charge in [-0.2, -0.15) is 0 Å². The van der Waals surface area contributed by atoms with Crippen LogP contribution in [0.2, 0.25) is 0 Å². The van der Waals surface area contributed by atoms with E-state index in [1.54, 1.807) is 0 Å². The maximum atomic E-state index is 11.5. The van der Waals surface area contributed by atoms with Gasteiger partial charge in [-0.05, 0) is 20.3 Å². The van der Waals surface area contributed by atoms with Gasteiger partial charge >= 0.3 is 0 Å². The summed E-state index contributed by atoms with van der Waals surface area (Å²) in [6, 6.07) is 0.125. The van der Waals surface area contributed by atoms with Gasteiger partial charge in [-0.1, -0.05) is 6.92 Å². The van der Waals surface area contributed by atoms with Crippen LogP contribution in [0.3, 0.4) is 0 Å². The molecule has 0 aliphatic carbocycles. The monoisotopic (exact) mass is 215 g/mol. The van der Waals surface area contributed by atoms with Crippen LogP contribution < -0.4 is 11.3 Å². The molecule has 1 heterocycles. The number of amides is 1. The fourth-order valence-electron chi connectivity index (χ4n) is 1.97. The zero-order chi connectivity index (χ0) is 11.4. The fraction of sp³-hybridized carbons (Fsp3) is 0.900. The topological polar surface area (TPSA) is 67.6 Å². The Morgan fingerprint density at radius 3 is 2.93 bits per heavy atom. The summed E-state index contributed by atoms with van der Waals surface area (Å²) >= 11 is 0. The van der Waals surface area contributed by atoms with Crippen molar-refractivity contribution in [2.75, 3.05) is 13.2 Å². The van der Waals surface area contributed by atoms with Crippen LogP contribution in [0.15, 0.2) is 0 Å². The first-order valence-corrected chi connectivity index (χ1v) is 5.48. The number of rotatable bonds is 3. The van der Waals surface area contributed by atoms with E-state index in [1.165, 1.54) is 0 Å². The SMILES string of the molecule is CCC1COC(C)CN1C(C)C(=O)NN. The summed E-state index contributed by atoms with van der Waals surface area (Å²) in [4.78, 5) is 13.6. The molecule has 1 rings (SSSR count). The number of carbonyl (C=O) groups is 1. The maximum Gasteiger partial charge on any atom is 0.250 e. The lowest BCUT2D eigenvalue weighted by Crippen LogP contribution is -2.57. The number of hydrogen-bond donors (Lipinski definition) is 2. The highest BCUT2D eigenvalue weighted by molar-refractivity contribution is 5.80. The second-order valence-corrected chi connectivity index (χ2v) is 4.09. The minimum absolute atomic E-state index is 0.137. The third-order valence-electron chi connectivity index (χ3n) is 3.00. The lowest BCUT2D eigenvalue weighted by atomic mass is 10.1. The fourth-order valence-corrected chi connectivity index (χ4v) is 1.97. The average molecular weight is 215 g/mol. The highest BCUT2D eigenvalue weighted by atomic mass is 16.5. The quantitative estimate of drug-likeness (QED) is 0.391. The molecule has 5 nitrogen and oxygen atoms in total. The van der Waals surface area contributed by atoms with Gasteiger partial charge in [-0.3, -0.25) is 15.1 Å². The Balaban J connectivity index is 2.65. The van der Waals surface area contributed by atoms with Crippen molar-refractivity contribution in [2.24, 2.45) is 5.84 Å². The van der Waals surface area contributed by atoms with E-state index in [0.717, 1.165) is 13.0 Å². The number of ether oxygens (including phenoxy) is 1. The Labute approximate surface area is 90.9 Å². The number of nitrogens with one attached hydrogen (secondary N) is 1.